The number of rotatable bonds is 7. The Morgan fingerprint density at radius 3 is 2.64 bits per heavy atom. The average Bonchev–Trinajstić information content (AvgIpc) is 3.32. The number of nitriles is 1. The molecule has 0 radical (unpaired) electrons. The van der Waals surface area contributed by atoms with Gasteiger partial charge in [0.05, 0.1) is 18.5 Å². The molecule has 10 heteroatoms. The number of ether oxygens (including phenoxy) is 1. The summed E-state index contributed by atoms with van der Waals surface area (Å²) >= 11 is 2.27. The largest absolute Gasteiger partial charge is 0.497 e. The first-order valence-electron chi connectivity index (χ1n) is 9.66. The molecule has 0 aliphatic rings. The molecule has 33 heavy (non-hydrogen) atoms. The van der Waals surface area contributed by atoms with E-state index >= 15 is 0 Å². The molecule has 1 atom stereocenters. The van der Waals surface area contributed by atoms with Gasteiger partial charge in [0, 0.05) is 16.5 Å². The van der Waals surface area contributed by atoms with Crippen molar-refractivity contribution in [3.05, 3.63) is 80.9 Å². The molecule has 0 fully saturated rings. The van der Waals surface area contributed by atoms with Crippen LogP contribution in [0.5, 0.6) is 5.75 Å². The summed E-state index contributed by atoms with van der Waals surface area (Å²) < 4.78 is 5.23. The number of carbonyl (C=O) groups excluding carboxylic acids is 1. The molecule has 2 aromatic carbocycles. The minimum Gasteiger partial charge on any atom is -0.497 e. The van der Waals surface area contributed by atoms with E-state index < -0.39 is 16.7 Å². The van der Waals surface area contributed by atoms with Gasteiger partial charge in [-0.1, -0.05) is 54.2 Å². The predicted octanol–water partition coefficient (Wildman–Crippen LogP) is 3.76. The number of methoxy groups -OCH3 is 1. The number of benzene rings is 2. The molecule has 0 spiro atoms. The van der Waals surface area contributed by atoms with Gasteiger partial charge in [-0.05, 0) is 12.1 Å². The summed E-state index contributed by atoms with van der Waals surface area (Å²) in [5.41, 5.74) is 7.28. The van der Waals surface area contributed by atoms with E-state index in [0.717, 1.165) is 23.0 Å². The first-order valence-corrected chi connectivity index (χ1v) is 11.4. The van der Waals surface area contributed by atoms with Gasteiger partial charge < -0.3 is 15.5 Å². The summed E-state index contributed by atoms with van der Waals surface area (Å²) in [5, 5.41) is 11.1. The highest BCUT2D eigenvalue weighted by Gasteiger charge is 2.26. The number of amides is 1. The Balaban J connectivity index is 1.72. The fourth-order valence-electron chi connectivity index (χ4n) is 3.08. The highest BCUT2D eigenvalue weighted by molar-refractivity contribution is 8.00. The zero-order chi connectivity index (χ0) is 23.4. The van der Waals surface area contributed by atoms with Crippen molar-refractivity contribution in [2.24, 2.45) is 5.73 Å². The fraction of sp³-hybridized carbons (Fsp3) is 0.0870. The Hall–Kier alpha value is -3.94. The number of primary amides is 1. The van der Waals surface area contributed by atoms with Gasteiger partial charge in [0.25, 0.3) is 5.56 Å². The second kappa shape index (κ2) is 9.68. The lowest BCUT2D eigenvalue weighted by atomic mass is 10.1. The lowest BCUT2D eigenvalue weighted by Crippen LogP contribution is -2.21. The second-order valence-electron chi connectivity index (χ2n) is 6.78. The third-order valence-electron chi connectivity index (χ3n) is 4.66. The average molecular weight is 476 g/mol. The van der Waals surface area contributed by atoms with Crippen molar-refractivity contribution in [3.8, 4) is 34.3 Å². The van der Waals surface area contributed by atoms with Crippen molar-refractivity contribution in [3.63, 3.8) is 0 Å². The number of H-pyrrole nitrogens is 1. The number of carbonyl (C=O) groups is 1. The van der Waals surface area contributed by atoms with Crippen molar-refractivity contribution in [2.75, 3.05) is 7.11 Å². The van der Waals surface area contributed by atoms with Crippen molar-refractivity contribution < 1.29 is 9.53 Å². The van der Waals surface area contributed by atoms with Gasteiger partial charge in [0.2, 0.25) is 5.91 Å². The Labute approximate surface area is 197 Å². The summed E-state index contributed by atoms with van der Waals surface area (Å²) in [6.07, 6.45) is 0. The molecule has 0 saturated heterocycles. The van der Waals surface area contributed by atoms with Crippen LogP contribution in [0.15, 0.2) is 69.9 Å². The van der Waals surface area contributed by atoms with E-state index in [-0.39, 0.29) is 16.4 Å². The molecule has 2 heterocycles. The number of nitrogens with zero attached hydrogens (tertiary/aromatic N) is 3. The zero-order valence-corrected chi connectivity index (χ0v) is 18.9. The quantitative estimate of drug-likeness (QED) is 0.307. The Morgan fingerprint density at radius 1 is 1.18 bits per heavy atom. The van der Waals surface area contributed by atoms with Crippen LogP contribution in [0.2, 0.25) is 0 Å². The third-order valence-corrected chi connectivity index (χ3v) is 6.82. The minimum absolute atomic E-state index is 0.135. The number of nitrogens with one attached hydrogen (secondary N) is 1. The predicted molar refractivity (Wildman–Crippen MR) is 127 cm³/mol. The van der Waals surface area contributed by atoms with Crippen molar-refractivity contribution in [2.45, 2.75) is 10.4 Å². The number of aromatic nitrogens is 3. The van der Waals surface area contributed by atoms with Crippen LogP contribution in [0.25, 0.3) is 22.5 Å². The lowest BCUT2D eigenvalue weighted by molar-refractivity contribution is -0.117. The van der Waals surface area contributed by atoms with Crippen molar-refractivity contribution >= 4 is 29.0 Å². The summed E-state index contributed by atoms with van der Waals surface area (Å²) in [5.74, 6) is -0.0668. The highest BCUT2D eigenvalue weighted by Crippen LogP contribution is 2.37. The van der Waals surface area contributed by atoms with Gasteiger partial charge in [-0.25, -0.2) is 9.97 Å². The van der Waals surface area contributed by atoms with E-state index in [1.54, 1.807) is 24.3 Å². The maximum absolute atomic E-state index is 12.6. The smallest absolute Gasteiger partial charge is 0.270 e. The first-order chi connectivity index (χ1) is 16.0. The summed E-state index contributed by atoms with van der Waals surface area (Å²) in [4.78, 5) is 36.5. The van der Waals surface area contributed by atoms with Crippen LogP contribution >= 0.6 is 23.1 Å². The molecule has 1 amide bonds. The van der Waals surface area contributed by atoms with Crippen LogP contribution in [0.1, 0.15) is 15.8 Å². The maximum atomic E-state index is 12.6. The van der Waals surface area contributed by atoms with E-state index in [0.29, 0.717) is 16.3 Å². The molecule has 0 saturated carbocycles. The van der Waals surface area contributed by atoms with E-state index in [9.17, 15) is 14.9 Å². The van der Waals surface area contributed by atoms with Gasteiger partial charge in [-0.2, -0.15) is 5.26 Å². The van der Waals surface area contributed by atoms with Crippen LogP contribution in [-0.2, 0) is 4.79 Å². The highest BCUT2D eigenvalue weighted by atomic mass is 32.2. The number of hydrogen-bond donors (Lipinski definition) is 2. The van der Waals surface area contributed by atoms with E-state index in [4.69, 9.17) is 10.5 Å². The van der Waals surface area contributed by atoms with E-state index in [2.05, 4.69) is 15.0 Å². The van der Waals surface area contributed by atoms with Gasteiger partial charge in [-0.15, -0.1) is 11.3 Å². The van der Waals surface area contributed by atoms with Crippen LogP contribution in [0.4, 0.5) is 0 Å². The van der Waals surface area contributed by atoms with Gasteiger partial charge >= 0.3 is 0 Å². The topological polar surface area (TPSA) is 135 Å². The van der Waals surface area contributed by atoms with Crippen molar-refractivity contribution in [1.29, 1.82) is 5.26 Å². The molecular weight excluding hydrogens is 458 g/mol. The SMILES string of the molecule is COc1cccc(-c2nc(SC(C(N)=O)c3nc(-c4ccccc4)cs3)[nH]c(=O)c2C#N)c1. The number of thioether (sulfide) groups is 1. The van der Waals surface area contributed by atoms with Gasteiger partial charge in [-0.3, -0.25) is 9.59 Å². The molecule has 0 aliphatic heterocycles. The monoisotopic (exact) mass is 475 g/mol. The Bertz CT molecular complexity index is 1410. The normalized spacial score (nSPS) is 11.5. The lowest BCUT2D eigenvalue weighted by Gasteiger charge is -2.11. The number of hydrogen-bond acceptors (Lipinski definition) is 8. The number of nitrogens with two attached hydrogens (primary N) is 1. The molecule has 8 nitrogen and oxygen atoms in total. The summed E-state index contributed by atoms with van der Waals surface area (Å²) in [6.45, 7) is 0. The van der Waals surface area contributed by atoms with Crippen molar-refractivity contribution in [1.82, 2.24) is 15.0 Å². The standard InChI is InChI=1S/C23H17N5O3S2/c1-31-15-9-5-8-14(10-15)18-16(11-24)21(30)28-23(27-18)33-19(20(25)29)22-26-17(12-32-22)13-6-3-2-4-7-13/h2-10,12,19H,1H3,(H2,25,29)(H,27,28,30). The van der Waals surface area contributed by atoms with E-state index in [1.807, 2.05) is 41.8 Å². The summed E-state index contributed by atoms with van der Waals surface area (Å²) in [6, 6.07) is 18.3. The Kier molecular flexibility index (Phi) is 6.53. The second-order valence-corrected chi connectivity index (χ2v) is 8.76. The summed E-state index contributed by atoms with van der Waals surface area (Å²) in [7, 11) is 1.52. The Morgan fingerprint density at radius 2 is 1.94 bits per heavy atom. The molecule has 0 aliphatic carbocycles. The molecule has 4 rings (SSSR count). The number of aromatic amines is 1. The molecule has 1 unspecified atom stereocenters. The fourth-order valence-corrected chi connectivity index (χ4v) is 4.99. The molecule has 4 aromatic rings. The minimum atomic E-state index is -0.873. The molecule has 2 aromatic heterocycles. The van der Waals surface area contributed by atoms with Crippen LogP contribution in [0.3, 0.4) is 0 Å². The molecular formula is C23H17N5O3S2. The van der Waals surface area contributed by atoms with Crippen LogP contribution in [0, 0.1) is 11.3 Å². The molecule has 3 N–H and O–H groups in total. The van der Waals surface area contributed by atoms with E-state index in [1.165, 1.54) is 18.4 Å². The number of thiazole rings is 1. The maximum Gasteiger partial charge on any atom is 0.270 e. The first kappa shape index (κ1) is 22.3. The zero-order valence-electron chi connectivity index (χ0n) is 17.3. The van der Waals surface area contributed by atoms with Gasteiger partial charge in [0.15, 0.2) is 5.16 Å². The molecule has 0 bridgehead atoms. The van der Waals surface area contributed by atoms with Crippen LogP contribution in [-0.4, -0.2) is 28.0 Å². The van der Waals surface area contributed by atoms with Gasteiger partial charge in [0.1, 0.15) is 27.6 Å². The molecule has 164 valence electrons. The van der Waals surface area contributed by atoms with Crippen LogP contribution < -0.4 is 16.0 Å². The third kappa shape index (κ3) is 4.79.